The van der Waals surface area contributed by atoms with E-state index in [2.05, 4.69) is 27.8 Å². The van der Waals surface area contributed by atoms with Crippen LogP contribution in [0.4, 0.5) is 0 Å². The molecule has 3 rings (SSSR count). The molecule has 0 N–H and O–H groups in total. The number of carbonyl (C=O) groups is 1. The molecule has 2 aromatic carbocycles. The van der Waals surface area contributed by atoms with Crippen LogP contribution in [-0.4, -0.2) is 17.6 Å². The lowest BCUT2D eigenvalue weighted by molar-refractivity contribution is 0.0998. The van der Waals surface area contributed by atoms with E-state index in [0.717, 1.165) is 26.0 Å². The van der Waals surface area contributed by atoms with Crippen LogP contribution in [0, 0.1) is 6.92 Å². The van der Waals surface area contributed by atoms with Gasteiger partial charge in [0, 0.05) is 16.6 Å². The quantitative estimate of drug-likeness (QED) is 0.642. The minimum atomic E-state index is -0.248. The molecule has 0 saturated heterocycles. The number of amides is 1. The van der Waals surface area contributed by atoms with E-state index in [9.17, 15) is 4.79 Å². The summed E-state index contributed by atoms with van der Waals surface area (Å²) in [5, 5.41) is 0. The Morgan fingerprint density at radius 3 is 2.79 bits per heavy atom. The van der Waals surface area contributed by atoms with E-state index < -0.39 is 0 Å². The summed E-state index contributed by atoms with van der Waals surface area (Å²) in [6, 6.07) is 11.2. The molecule has 0 aliphatic rings. The van der Waals surface area contributed by atoms with E-state index >= 15 is 0 Å². The number of hydrogen-bond donors (Lipinski definition) is 0. The van der Waals surface area contributed by atoms with E-state index in [1.807, 2.05) is 35.8 Å². The molecule has 0 aliphatic carbocycles. The van der Waals surface area contributed by atoms with Gasteiger partial charge in [-0.1, -0.05) is 39.4 Å². The van der Waals surface area contributed by atoms with Crippen LogP contribution in [0.1, 0.15) is 22.8 Å². The highest BCUT2D eigenvalue weighted by molar-refractivity contribution is 9.10. The van der Waals surface area contributed by atoms with E-state index in [0.29, 0.717) is 16.9 Å². The van der Waals surface area contributed by atoms with Gasteiger partial charge in [0.05, 0.1) is 11.8 Å². The number of carbonyl (C=O) groups excluding carboxylic acids is 1. The van der Waals surface area contributed by atoms with Crippen molar-refractivity contribution in [3.8, 4) is 5.75 Å². The fourth-order valence-corrected chi connectivity index (χ4v) is 4.17. The number of benzene rings is 2. The first-order valence-corrected chi connectivity index (χ1v) is 9.17. The Labute approximate surface area is 152 Å². The molecule has 1 aromatic heterocycles. The number of rotatable bonds is 3. The maximum Gasteiger partial charge on any atom is 0.279 e. The fraction of sp³-hybridized carbons (Fsp3) is 0.222. The summed E-state index contributed by atoms with van der Waals surface area (Å²) in [6.07, 6.45) is 0. The number of aromatic nitrogens is 1. The van der Waals surface area contributed by atoms with Gasteiger partial charge in [0.2, 0.25) is 0 Å². The first-order valence-electron chi connectivity index (χ1n) is 7.56. The molecule has 0 unspecified atom stereocenters. The van der Waals surface area contributed by atoms with Crippen LogP contribution in [0.25, 0.3) is 10.2 Å². The molecule has 24 heavy (non-hydrogen) atoms. The van der Waals surface area contributed by atoms with Gasteiger partial charge in [-0.05, 0) is 43.7 Å². The topological polar surface area (TPSA) is 43.6 Å². The summed E-state index contributed by atoms with van der Waals surface area (Å²) >= 11 is 4.90. The minimum absolute atomic E-state index is 0.248. The molecular weight excluding hydrogens is 388 g/mol. The van der Waals surface area contributed by atoms with Crippen molar-refractivity contribution in [2.75, 3.05) is 7.11 Å². The van der Waals surface area contributed by atoms with Crippen LogP contribution in [0.3, 0.4) is 0 Å². The lowest BCUT2D eigenvalue weighted by Crippen LogP contribution is -2.16. The zero-order chi connectivity index (χ0) is 17.3. The first kappa shape index (κ1) is 16.9. The number of fused-ring (bicyclic) bond motifs is 1. The van der Waals surface area contributed by atoms with Crippen LogP contribution in [0.5, 0.6) is 5.75 Å². The average Bonchev–Trinajstić information content (AvgIpc) is 2.94. The summed E-state index contributed by atoms with van der Waals surface area (Å²) in [7, 11) is 1.66. The third-order valence-electron chi connectivity index (χ3n) is 3.79. The molecular formula is C18H17BrN2O2S. The highest BCUT2D eigenvalue weighted by Gasteiger charge is 2.14. The van der Waals surface area contributed by atoms with Gasteiger partial charge in [0.25, 0.3) is 5.91 Å². The van der Waals surface area contributed by atoms with Crippen LogP contribution in [0.2, 0.25) is 0 Å². The number of nitrogens with zero attached hydrogens (tertiary/aromatic N) is 2. The van der Waals surface area contributed by atoms with Crippen LogP contribution < -0.4 is 9.54 Å². The SMILES string of the molecule is CCn1c(=NC(=O)c2cccc(Br)c2)sc2c(C)ccc(OC)c21. The largest absolute Gasteiger partial charge is 0.495 e. The molecule has 0 saturated carbocycles. The van der Waals surface area contributed by atoms with Crippen molar-refractivity contribution in [3.05, 3.63) is 56.8 Å². The van der Waals surface area contributed by atoms with Crippen LogP contribution >= 0.6 is 27.3 Å². The predicted molar refractivity (Wildman–Crippen MR) is 101 cm³/mol. The van der Waals surface area contributed by atoms with Gasteiger partial charge in [-0.15, -0.1) is 0 Å². The van der Waals surface area contributed by atoms with E-state index in [1.165, 1.54) is 11.3 Å². The maximum absolute atomic E-state index is 12.5. The van der Waals surface area contributed by atoms with E-state index in [4.69, 9.17) is 4.74 Å². The highest BCUT2D eigenvalue weighted by Crippen LogP contribution is 2.30. The van der Waals surface area contributed by atoms with Gasteiger partial charge in [-0.2, -0.15) is 4.99 Å². The van der Waals surface area contributed by atoms with Gasteiger partial charge in [0.15, 0.2) is 4.80 Å². The Hall–Kier alpha value is -1.92. The summed E-state index contributed by atoms with van der Waals surface area (Å²) in [6.45, 7) is 4.80. The van der Waals surface area contributed by atoms with Crippen LogP contribution in [-0.2, 0) is 6.54 Å². The van der Waals surface area contributed by atoms with Crippen molar-refractivity contribution < 1.29 is 9.53 Å². The lowest BCUT2D eigenvalue weighted by atomic mass is 10.2. The predicted octanol–water partition coefficient (Wildman–Crippen LogP) is 4.54. The number of thiazole rings is 1. The number of halogens is 1. The van der Waals surface area contributed by atoms with Crippen molar-refractivity contribution in [2.45, 2.75) is 20.4 Å². The average molecular weight is 405 g/mol. The summed E-state index contributed by atoms with van der Waals surface area (Å²) in [5.41, 5.74) is 2.70. The van der Waals surface area contributed by atoms with Gasteiger partial charge >= 0.3 is 0 Å². The van der Waals surface area contributed by atoms with Gasteiger partial charge in [-0.3, -0.25) is 4.79 Å². The second kappa shape index (κ2) is 6.91. The third kappa shape index (κ3) is 3.03. The summed E-state index contributed by atoms with van der Waals surface area (Å²) in [5.74, 6) is 0.548. The van der Waals surface area contributed by atoms with Crippen molar-refractivity contribution in [1.82, 2.24) is 4.57 Å². The van der Waals surface area contributed by atoms with Gasteiger partial charge in [0.1, 0.15) is 11.3 Å². The normalized spacial score (nSPS) is 11.9. The molecule has 1 amide bonds. The molecule has 124 valence electrons. The maximum atomic E-state index is 12.5. The molecule has 0 bridgehead atoms. The van der Waals surface area contributed by atoms with E-state index in [-0.39, 0.29) is 5.91 Å². The Balaban J connectivity index is 2.22. The van der Waals surface area contributed by atoms with E-state index in [1.54, 1.807) is 19.2 Å². The van der Waals surface area contributed by atoms with Crippen molar-refractivity contribution in [1.29, 1.82) is 0 Å². The zero-order valence-electron chi connectivity index (χ0n) is 13.7. The fourth-order valence-electron chi connectivity index (χ4n) is 2.59. The van der Waals surface area contributed by atoms with Gasteiger partial charge in [-0.25, -0.2) is 0 Å². The van der Waals surface area contributed by atoms with Crippen molar-refractivity contribution in [2.24, 2.45) is 4.99 Å². The molecule has 3 aromatic rings. The monoisotopic (exact) mass is 404 g/mol. The molecule has 0 radical (unpaired) electrons. The summed E-state index contributed by atoms with van der Waals surface area (Å²) in [4.78, 5) is 17.6. The Morgan fingerprint density at radius 1 is 1.33 bits per heavy atom. The molecule has 6 heteroatoms. The minimum Gasteiger partial charge on any atom is -0.495 e. The standard InChI is InChI=1S/C18H17BrN2O2S/c1-4-21-15-14(23-3)9-8-11(2)16(15)24-18(21)20-17(22)12-6-5-7-13(19)10-12/h5-10H,4H2,1-3H3. The molecule has 1 heterocycles. The Morgan fingerprint density at radius 2 is 2.12 bits per heavy atom. The second-order valence-corrected chi connectivity index (χ2v) is 7.21. The molecule has 0 fully saturated rings. The Bertz CT molecular complexity index is 988. The number of methoxy groups -OCH3 is 1. The zero-order valence-corrected chi connectivity index (χ0v) is 16.1. The third-order valence-corrected chi connectivity index (χ3v) is 5.50. The summed E-state index contributed by atoms with van der Waals surface area (Å²) < 4.78 is 9.48. The van der Waals surface area contributed by atoms with Crippen LogP contribution in [0.15, 0.2) is 45.9 Å². The number of ether oxygens (including phenoxy) is 1. The van der Waals surface area contributed by atoms with Crippen molar-refractivity contribution in [3.63, 3.8) is 0 Å². The molecule has 0 spiro atoms. The first-order chi connectivity index (χ1) is 11.5. The molecule has 4 nitrogen and oxygen atoms in total. The lowest BCUT2D eigenvalue weighted by Gasteiger charge is -2.07. The van der Waals surface area contributed by atoms with Gasteiger partial charge < -0.3 is 9.30 Å². The highest BCUT2D eigenvalue weighted by atomic mass is 79.9. The molecule has 0 aliphatic heterocycles. The Kier molecular flexibility index (Phi) is 4.87. The second-order valence-electron chi connectivity index (χ2n) is 5.32. The number of aryl methyl sites for hydroxylation is 2. The smallest absolute Gasteiger partial charge is 0.279 e. The van der Waals surface area contributed by atoms with Crippen molar-refractivity contribution >= 4 is 43.4 Å². The molecule has 0 atom stereocenters. The number of hydrogen-bond acceptors (Lipinski definition) is 3.